The molecule has 0 amide bonds. The van der Waals surface area contributed by atoms with Crippen molar-refractivity contribution in [3.05, 3.63) is 70.1 Å². The number of nitrogens with zero attached hydrogens (tertiary/aromatic N) is 1. The summed E-state index contributed by atoms with van der Waals surface area (Å²) in [5.74, 6) is 0.741. The lowest BCUT2D eigenvalue weighted by Crippen LogP contribution is -2.00. The van der Waals surface area contributed by atoms with Gasteiger partial charge in [-0.15, -0.1) is 0 Å². The first-order valence-corrected chi connectivity index (χ1v) is 7.54. The Labute approximate surface area is 138 Å². The van der Waals surface area contributed by atoms with Gasteiger partial charge in [0.25, 0.3) is 0 Å². The molecule has 1 heterocycles. The molecule has 1 aromatic heterocycles. The highest BCUT2D eigenvalue weighted by atomic mass is 35.5. The number of benzene rings is 2. The minimum Gasteiger partial charge on any atom is -0.508 e. The van der Waals surface area contributed by atoms with Crippen molar-refractivity contribution in [1.29, 1.82) is 0 Å². The first-order chi connectivity index (χ1) is 11.0. The largest absolute Gasteiger partial charge is 0.508 e. The molecule has 1 atom stereocenters. The van der Waals surface area contributed by atoms with Crippen LogP contribution >= 0.6 is 11.6 Å². The topological polar surface area (TPSA) is 66.5 Å². The fourth-order valence-corrected chi connectivity index (χ4v) is 2.80. The molecule has 3 rings (SSSR count). The average molecular weight is 330 g/mol. The molecule has 0 aliphatic heterocycles. The summed E-state index contributed by atoms with van der Waals surface area (Å²) in [5, 5.41) is 25.1. The van der Waals surface area contributed by atoms with Gasteiger partial charge >= 0.3 is 0 Å². The van der Waals surface area contributed by atoms with Crippen LogP contribution in [0.3, 0.4) is 0 Å². The van der Waals surface area contributed by atoms with Crippen LogP contribution in [0, 0.1) is 13.8 Å². The average Bonchev–Trinajstić information content (AvgIpc) is 2.85. The molecule has 23 heavy (non-hydrogen) atoms. The van der Waals surface area contributed by atoms with Crippen molar-refractivity contribution in [3.63, 3.8) is 0 Å². The third kappa shape index (κ3) is 3.09. The van der Waals surface area contributed by atoms with E-state index in [1.165, 1.54) is 0 Å². The number of aliphatic hydroxyl groups is 1. The first-order valence-electron chi connectivity index (χ1n) is 7.16. The molecule has 0 radical (unpaired) electrons. The molecule has 0 saturated carbocycles. The van der Waals surface area contributed by atoms with E-state index in [1.54, 1.807) is 36.4 Å². The molecule has 0 spiro atoms. The lowest BCUT2D eigenvalue weighted by Gasteiger charge is -2.14. The van der Waals surface area contributed by atoms with Crippen LogP contribution in [0.5, 0.6) is 5.75 Å². The standard InChI is InChI=1S/C18H16ClNO3/c1-10-17(11(2)23-20-10)13-7-14(9-16(21)8-13)18(22)12-3-5-15(19)6-4-12/h3-9,18,21-22H,1-2H3. The Morgan fingerprint density at radius 2 is 1.74 bits per heavy atom. The van der Waals surface area contributed by atoms with Gasteiger partial charge in [-0.25, -0.2) is 0 Å². The zero-order chi connectivity index (χ0) is 16.6. The zero-order valence-corrected chi connectivity index (χ0v) is 13.5. The minimum absolute atomic E-state index is 0.0745. The third-order valence-electron chi connectivity index (χ3n) is 3.76. The van der Waals surface area contributed by atoms with Crippen molar-refractivity contribution in [2.45, 2.75) is 20.0 Å². The molecule has 0 saturated heterocycles. The highest BCUT2D eigenvalue weighted by molar-refractivity contribution is 6.30. The van der Waals surface area contributed by atoms with Gasteiger partial charge in [0.05, 0.1) is 5.69 Å². The number of hydrogen-bond acceptors (Lipinski definition) is 4. The minimum atomic E-state index is -0.862. The van der Waals surface area contributed by atoms with Crippen molar-refractivity contribution in [3.8, 4) is 16.9 Å². The van der Waals surface area contributed by atoms with Gasteiger partial charge < -0.3 is 14.7 Å². The second kappa shape index (κ2) is 6.07. The maximum atomic E-state index is 10.6. The van der Waals surface area contributed by atoms with Gasteiger partial charge in [-0.2, -0.15) is 0 Å². The summed E-state index contributed by atoms with van der Waals surface area (Å²) in [6, 6.07) is 12.0. The molecular formula is C18H16ClNO3. The second-order valence-corrected chi connectivity index (χ2v) is 5.90. The fourth-order valence-electron chi connectivity index (χ4n) is 2.67. The first kappa shape index (κ1) is 15.6. The van der Waals surface area contributed by atoms with Gasteiger partial charge in [0, 0.05) is 10.6 Å². The van der Waals surface area contributed by atoms with Crippen LogP contribution < -0.4 is 0 Å². The molecule has 3 aromatic rings. The van der Waals surface area contributed by atoms with Gasteiger partial charge in [-0.3, -0.25) is 0 Å². The molecule has 4 nitrogen and oxygen atoms in total. The van der Waals surface area contributed by atoms with Crippen molar-refractivity contribution < 1.29 is 14.7 Å². The van der Waals surface area contributed by atoms with E-state index in [9.17, 15) is 10.2 Å². The van der Waals surface area contributed by atoms with Crippen LogP contribution in [0.1, 0.15) is 28.7 Å². The highest BCUT2D eigenvalue weighted by Crippen LogP contribution is 2.34. The summed E-state index contributed by atoms with van der Waals surface area (Å²) in [7, 11) is 0. The highest BCUT2D eigenvalue weighted by Gasteiger charge is 2.17. The molecule has 0 aliphatic carbocycles. The van der Waals surface area contributed by atoms with Crippen LogP contribution in [-0.2, 0) is 0 Å². The summed E-state index contributed by atoms with van der Waals surface area (Å²) >= 11 is 5.88. The predicted molar refractivity (Wildman–Crippen MR) is 88.6 cm³/mol. The van der Waals surface area contributed by atoms with E-state index >= 15 is 0 Å². The van der Waals surface area contributed by atoms with Crippen molar-refractivity contribution in [2.75, 3.05) is 0 Å². The summed E-state index contributed by atoms with van der Waals surface area (Å²) in [6.07, 6.45) is -0.862. The zero-order valence-electron chi connectivity index (χ0n) is 12.7. The molecule has 118 valence electrons. The third-order valence-corrected chi connectivity index (χ3v) is 4.02. The molecule has 0 fully saturated rings. The van der Waals surface area contributed by atoms with E-state index in [1.807, 2.05) is 19.9 Å². The monoisotopic (exact) mass is 329 g/mol. The Hall–Kier alpha value is -2.30. The van der Waals surface area contributed by atoms with Crippen molar-refractivity contribution in [2.24, 2.45) is 0 Å². The van der Waals surface area contributed by atoms with Gasteiger partial charge in [0.1, 0.15) is 17.6 Å². The Morgan fingerprint density at radius 1 is 1.04 bits per heavy atom. The molecule has 1 unspecified atom stereocenters. The summed E-state index contributed by atoms with van der Waals surface area (Å²) in [4.78, 5) is 0. The number of aliphatic hydroxyl groups excluding tert-OH is 1. The van der Waals surface area contributed by atoms with Crippen molar-refractivity contribution >= 4 is 11.6 Å². The van der Waals surface area contributed by atoms with E-state index in [0.717, 1.165) is 16.8 Å². The number of aromatic hydroxyl groups is 1. The predicted octanol–water partition coefficient (Wildman–Crippen LogP) is 4.40. The maximum absolute atomic E-state index is 10.6. The number of aromatic nitrogens is 1. The Kier molecular flexibility index (Phi) is 4.11. The summed E-state index contributed by atoms with van der Waals surface area (Å²) < 4.78 is 5.18. The fraction of sp³-hybridized carbons (Fsp3) is 0.167. The second-order valence-electron chi connectivity index (χ2n) is 5.47. The van der Waals surface area contributed by atoms with Crippen LogP contribution in [0.15, 0.2) is 47.0 Å². The van der Waals surface area contributed by atoms with E-state index in [2.05, 4.69) is 5.16 Å². The van der Waals surface area contributed by atoms with E-state index in [4.69, 9.17) is 16.1 Å². The Bertz CT molecular complexity index is 820. The lowest BCUT2D eigenvalue weighted by molar-refractivity contribution is 0.220. The summed E-state index contributed by atoms with van der Waals surface area (Å²) in [5.41, 5.74) is 3.60. The number of phenols is 1. The van der Waals surface area contributed by atoms with Gasteiger partial charge in [0.15, 0.2) is 0 Å². The molecule has 2 aromatic carbocycles. The Balaban J connectivity index is 2.05. The molecule has 0 bridgehead atoms. The summed E-state index contributed by atoms with van der Waals surface area (Å²) in [6.45, 7) is 3.65. The quantitative estimate of drug-likeness (QED) is 0.747. The Morgan fingerprint density at radius 3 is 2.35 bits per heavy atom. The molecular weight excluding hydrogens is 314 g/mol. The van der Waals surface area contributed by atoms with Gasteiger partial charge in [0.2, 0.25) is 0 Å². The molecule has 2 N–H and O–H groups in total. The van der Waals surface area contributed by atoms with Gasteiger partial charge in [-0.1, -0.05) is 28.9 Å². The van der Waals surface area contributed by atoms with Crippen LogP contribution in [0.2, 0.25) is 5.02 Å². The normalized spacial score (nSPS) is 12.3. The van der Waals surface area contributed by atoms with Crippen molar-refractivity contribution in [1.82, 2.24) is 5.16 Å². The number of aryl methyl sites for hydroxylation is 2. The maximum Gasteiger partial charge on any atom is 0.141 e. The van der Waals surface area contributed by atoms with Crippen LogP contribution in [0.25, 0.3) is 11.1 Å². The van der Waals surface area contributed by atoms with Crippen LogP contribution in [0.4, 0.5) is 0 Å². The molecule has 0 aliphatic rings. The number of phenolic OH excluding ortho intramolecular Hbond substituents is 1. The molecule has 5 heteroatoms. The smallest absolute Gasteiger partial charge is 0.141 e. The van der Waals surface area contributed by atoms with Gasteiger partial charge in [-0.05, 0) is 60.9 Å². The number of hydrogen-bond donors (Lipinski definition) is 2. The lowest BCUT2D eigenvalue weighted by atomic mass is 9.96. The number of rotatable bonds is 3. The van der Waals surface area contributed by atoms with E-state index in [-0.39, 0.29) is 5.75 Å². The number of halogens is 1. The van der Waals surface area contributed by atoms with E-state index in [0.29, 0.717) is 21.9 Å². The SMILES string of the molecule is Cc1noc(C)c1-c1cc(O)cc(C(O)c2ccc(Cl)cc2)c1. The van der Waals surface area contributed by atoms with E-state index < -0.39 is 6.10 Å². The van der Waals surface area contributed by atoms with Crippen LogP contribution in [-0.4, -0.2) is 15.4 Å².